The Hall–Kier alpha value is -2.55. The van der Waals surface area contributed by atoms with Crippen molar-refractivity contribution in [3.05, 3.63) is 59.2 Å². The zero-order valence-corrected chi connectivity index (χ0v) is 16.6. The summed E-state index contributed by atoms with van der Waals surface area (Å²) in [5.74, 6) is -0.872. The summed E-state index contributed by atoms with van der Waals surface area (Å²) in [5, 5.41) is 2.21. The normalized spacial score (nSPS) is 13.1. The van der Waals surface area contributed by atoms with Gasteiger partial charge in [-0.2, -0.15) is 13.2 Å². The number of carbonyl (C=O) groups is 1. The molecule has 0 unspecified atom stereocenters. The number of anilines is 2. The SMILES string of the molecule is Cc1ccc(C)c(N([C@H](C)C(=O)Nc2ccccc2C(F)(F)F)S(C)(=O)=O)c1. The maximum Gasteiger partial charge on any atom is 0.418 e. The van der Waals surface area contributed by atoms with Crippen molar-refractivity contribution in [1.29, 1.82) is 0 Å². The van der Waals surface area contributed by atoms with Crippen LogP contribution in [0.25, 0.3) is 0 Å². The Bertz CT molecular complexity index is 988. The van der Waals surface area contributed by atoms with Gasteiger partial charge >= 0.3 is 6.18 Å². The van der Waals surface area contributed by atoms with Crippen LogP contribution in [0.1, 0.15) is 23.6 Å². The molecule has 9 heteroatoms. The highest BCUT2D eigenvalue weighted by Crippen LogP contribution is 2.35. The second-order valence-corrected chi connectivity index (χ2v) is 8.42. The summed E-state index contributed by atoms with van der Waals surface area (Å²) >= 11 is 0. The number of carbonyl (C=O) groups excluding carboxylic acids is 1. The number of halogens is 3. The van der Waals surface area contributed by atoms with E-state index in [1.807, 2.05) is 0 Å². The fourth-order valence-electron chi connectivity index (χ4n) is 2.81. The van der Waals surface area contributed by atoms with Crippen LogP contribution in [0, 0.1) is 13.8 Å². The quantitative estimate of drug-likeness (QED) is 0.801. The van der Waals surface area contributed by atoms with E-state index < -0.39 is 39.4 Å². The van der Waals surface area contributed by atoms with Crippen molar-refractivity contribution in [3.63, 3.8) is 0 Å². The van der Waals surface area contributed by atoms with Crippen LogP contribution in [0.2, 0.25) is 0 Å². The van der Waals surface area contributed by atoms with Crippen molar-refractivity contribution in [2.45, 2.75) is 33.0 Å². The van der Waals surface area contributed by atoms with Crippen molar-refractivity contribution in [2.24, 2.45) is 0 Å². The average Bonchev–Trinajstić information content (AvgIpc) is 2.56. The molecule has 0 aliphatic rings. The van der Waals surface area contributed by atoms with Gasteiger partial charge in [-0.3, -0.25) is 9.10 Å². The van der Waals surface area contributed by atoms with Gasteiger partial charge in [-0.1, -0.05) is 24.3 Å². The van der Waals surface area contributed by atoms with E-state index in [9.17, 15) is 26.4 Å². The third-order valence-electron chi connectivity index (χ3n) is 4.18. The van der Waals surface area contributed by atoms with E-state index in [0.717, 1.165) is 28.3 Å². The molecule has 0 aliphatic carbocycles. The molecule has 0 fully saturated rings. The van der Waals surface area contributed by atoms with E-state index in [2.05, 4.69) is 5.32 Å². The van der Waals surface area contributed by atoms with Crippen molar-refractivity contribution in [3.8, 4) is 0 Å². The number of alkyl halides is 3. The molecule has 0 spiro atoms. The minimum absolute atomic E-state index is 0.300. The number of nitrogens with zero attached hydrogens (tertiary/aromatic N) is 1. The maximum atomic E-state index is 13.2. The summed E-state index contributed by atoms with van der Waals surface area (Å²) in [6.07, 6.45) is -3.71. The molecule has 0 radical (unpaired) electrons. The standard InChI is InChI=1S/C19H21F3N2O3S/c1-12-9-10-13(2)17(11-12)24(28(4,26)27)14(3)18(25)23-16-8-6-5-7-15(16)19(20,21)22/h5-11,14H,1-4H3,(H,23,25)/t14-/m1/s1. The number of nitrogens with one attached hydrogen (secondary N) is 1. The summed E-state index contributed by atoms with van der Waals surface area (Å²) in [5.41, 5.74) is 0.263. The number of hydrogen-bond donors (Lipinski definition) is 1. The molecule has 1 amide bonds. The first-order valence-electron chi connectivity index (χ1n) is 8.36. The fraction of sp³-hybridized carbons (Fsp3) is 0.316. The molecule has 2 rings (SSSR count). The van der Waals surface area contributed by atoms with E-state index in [-0.39, 0.29) is 0 Å². The van der Waals surface area contributed by atoms with Gasteiger partial charge in [0.05, 0.1) is 23.2 Å². The van der Waals surface area contributed by atoms with Crippen LogP contribution >= 0.6 is 0 Å². The van der Waals surface area contributed by atoms with Crippen molar-refractivity contribution in [1.82, 2.24) is 0 Å². The van der Waals surface area contributed by atoms with Gasteiger partial charge in [-0.05, 0) is 50.1 Å². The number of aryl methyl sites for hydroxylation is 2. The van der Waals surface area contributed by atoms with Gasteiger partial charge < -0.3 is 5.32 Å². The van der Waals surface area contributed by atoms with E-state index >= 15 is 0 Å². The first kappa shape index (κ1) is 21.7. The van der Waals surface area contributed by atoms with Gasteiger partial charge in [0.2, 0.25) is 15.9 Å². The highest BCUT2D eigenvalue weighted by molar-refractivity contribution is 7.92. The highest BCUT2D eigenvalue weighted by Gasteiger charge is 2.35. The molecule has 2 aromatic carbocycles. The van der Waals surface area contributed by atoms with Gasteiger partial charge in [0.25, 0.3) is 0 Å². The molecule has 0 saturated heterocycles. The number of hydrogen-bond acceptors (Lipinski definition) is 3. The predicted molar refractivity (Wildman–Crippen MR) is 103 cm³/mol. The largest absolute Gasteiger partial charge is 0.418 e. The molecule has 0 saturated carbocycles. The first-order chi connectivity index (χ1) is 12.8. The lowest BCUT2D eigenvalue weighted by Crippen LogP contribution is -2.45. The monoisotopic (exact) mass is 414 g/mol. The average molecular weight is 414 g/mol. The Morgan fingerprint density at radius 3 is 2.29 bits per heavy atom. The van der Waals surface area contributed by atoms with E-state index in [0.29, 0.717) is 11.3 Å². The van der Waals surface area contributed by atoms with Crippen LogP contribution in [0.4, 0.5) is 24.5 Å². The molecule has 0 heterocycles. The molecule has 5 nitrogen and oxygen atoms in total. The minimum Gasteiger partial charge on any atom is -0.324 e. The summed E-state index contributed by atoms with van der Waals surface area (Å²) in [4.78, 5) is 12.7. The Kier molecular flexibility index (Phi) is 6.08. The van der Waals surface area contributed by atoms with Gasteiger partial charge in [-0.25, -0.2) is 8.42 Å². The Labute approximate surface area is 162 Å². The van der Waals surface area contributed by atoms with E-state index in [1.165, 1.54) is 19.1 Å². The van der Waals surface area contributed by atoms with Crippen molar-refractivity contribution < 1.29 is 26.4 Å². The minimum atomic E-state index is -4.66. The molecule has 0 aliphatic heterocycles. The lowest BCUT2D eigenvalue weighted by molar-refractivity contribution is -0.137. The smallest absolute Gasteiger partial charge is 0.324 e. The molecule has 1 N–H and O–H groups in total. The second-order valence-electron chi connectivity index (χ2n) is 6.56. The zero-order valence-electron chi connectivity index (χ0n) is 15.8. The number of sulfonamides is 1. The third kappa shape index (κ3) is 4.83. The van der Waals surface area contributed by atoms with Crippen LogP contribution < -0.4 is 9.62 Å². The molecule has 0 bridgehead atoms. The molecular weight excluding hydrogens is 393 g/mol. The van der Waals surface area contributed by atoms with Gasteiger partial charge in [0.1, 0.15) is 6.04 Å². The van der Waals surface area contributed by atoms with Crippen LogP contribution in [-0.4, -0.2) is 26.6 Å². The molecular formula is C19H21F3N2O3S. The lowest BCUT2D eigenvalue weighted by Gasteiger charge is -2.30. The van der Waals surface area contributed by atoms with Crippen molar-refractivity contribution in [2.75, 3.05) is 15.9 Å². The third-order valence-corrected chi connectivity index (χ3v) is 5.41. The number of benzene rings is 2. The molecule has 2 aromatic rings. The van der Waals surface area contributed by atoms with Crippen LogP contribution in [0.3, 0.4) is 0 Å². The van der Waals surface area contributed by atoms with Crippen LogP contribution in [0.15, 0.2) is 42.5 Å². The topological polar surface area (TPSA) is 66.5 Å². The van der Waals surface area contributed by atoms with Gasteiger partial charge in [-0.15, -0.1) is 0 Å². The van der Waals surface area contributed by atoms with Crippen molar-refractivity contribution >= 4 is 27.3 Å². The molecule has 152 valence electrons. The number of para-hydroxylation sites is 1. The molecule has 1 atom stereocenters. The van der Waals surface area contributed by atoms with Crippen LogP contribution in [-0.2, 0) is 21.0 Å². The summed E-state index contributed by atoms with van der Waals surface area (Å²) in [7, 11) is -3.88. The Morgan fingerprint density at radius 2 is 1.71 bits per heavy atom. The summed E-state index contributed by atoms with van der Waals surface area (Å²) in [6.45, 7) is 4.79. The van der Waals surface area contributed by atoms with E-state index in [1.54, 1.807) is 32.0 Å². The zero-order chi connectivity index (χ0) is 21.3. The predicted octanol–water partition coefficient (Wildman–Crippen LogP) is 4.12. The van der Waals surface area contributed by atoms with Gasteiger partial charge in [0, 0.05) is 0 Å². The fourth-order valence-corrected chi connectivity index (χ4v) is 4.04. The Balaban J connectivity index is 2.43. The number of amides is 1. The van der Waals surface area contributed by atoms with Gasteiger partial charge in [0.15, 0.2) is 0 Å². The second kappa shape index (κ2) is 7.83. The lowest BCUT2D eigenvalue weighted by atomic mass is 10.1. The Morgan fingerprint density at radius 1 is 1.11 bits per heavy atom. The molecule has 28 heavy (non-hydrogen) atoms. The van der Waals surface area contributed by atoms with Crippen LogP contribution in [0.5, 0.6) is 0 Å². The highest BCUT2D eigenvalue weighted by atomic mass is 32.2. The maximum absolute atomic E-state index is 13.2. The number of rotatable bonds is 5. The summed E-state index contributed by atoms with van der Waals surface area (Å²) < 4.78 is 65.1. The summed E-state index contributed by atoms with van der Waals surface area (Å²) in [6, 6.07) is 8.39. The first-order valence-corrected chi connectivity index (χ1v) is 10.2. The van der Waals surface area contributed by atoms with E-state index in [4.69, 9.17) is 0 Å². The molecule has 0 aromatic heterocycles.